The van der Waals surface area contributed by atoms with E-state index in [1.807, 2.05) is 39.9 Å². The summed E-state index contributed by atoms with van der Waals surface area (Å²) in [5, 5.41) is 4.09. The van der Waals surface area contributed by atoms with Crippen LogP contribution in [0.3, 0.4) is 0 Å². The second kappa shape index (κ2) is 5.41. The molecule has 4 rings (SSSR count). The van der Waals surface area contributed by atoms with Gasteiger partial charge in [-0.1, -0.05) is 18.2 Å². The van der Waals surface area contributed by atoms with Crippen molar-refractivity contribution in [2.24, 2.45) is 5.41 Å². The summed E-state index contributed by atoms with van der Waals surface area (Å²) in [6.07, 6.45) is 4.44. The Morgan fingerprint density at radius 1 is 1.17 bits per heavy atom. The maximum absolute atomic E-state index is 12.6. The van der Waals surface area contributed by atoms with E-state index in [0.29, 0.717) is 13.0 Å². The molecule has 3 heterocycles. The molecule has 0 unspecified atom stereocenters. The van der Waals surface area contributed by atoms with Gasteiger partial charge in [-0.15, -0.1) is 0 Å². The minimum Gasteiger partial charge on any atom is -0.356 e. The summed E-state index contributed by atoms with van der Waals surface area (Å²) < 4.78 is 2.02. The molecule has 2 saturated heterocycles. The molecular formula is C18H21N3O2. The van der Waals surface area contributed by atoms with E-state index in [1.54, 1.807) is 0 Å². The van der Waals surface area contributed by atoms with Gasteiger partial charge in [-0.25, -0.2) is 0 Å². The number of rotatable bonds is 2. The van der Waals surface area contributed by atoms with Crippen LogP contribution in [0.2, 0.25) is 0 Å². The average molecular weight is 311 g/mol. The van der Waals surface area contributed by atoms with Gasteiger partial charge in [-0.2, -0.15) is 0 Å². The zero-order chi connectivity index (χ0) is 15.9. The lowest BCUT2D eigenvalue weighted by atomic mass is 9.77. The molecule has 0 aliphatic carbocycles. The summed E-state index contributed by atoms with van der Waals surface area (Å²) >= 11 is 0. The van der Waals surface area contributed by atoms with Crippen molar-refractivity contribution >= 4 is 22.7 Å². The number of hydrogen-bond donors (Lipinski definition) is 1. The Morgan fingerprint density at radius 2 is 1.96 bits per heavy atom. The highest BCUT2D eigenvalue weighted by atomic mass is 16.2. The maximum Gasteiger partial charge on any atom is 0.242 e. The van der Waals surface area contributed by atoms with Gasteiger partial charge < -0.3 is 14.8 Å². The van der Waals surface area contributed by atoms with Gasteiger partial charge >= 0.3 is 0 Å². The predicted octanol–water partition coefficient (Wildman–Crippen LogP) is 1.77. The van der Waals surface area contributed by atoms with Crippen LogP contribution in [-0.2, 0) is 16.1 Å². The topological polar surface area (TPSA) is 54.3 Å². The first-order valence-corrected chi connectivity index (χ1v) is 8.24. The third-order valence-electron chi connectivity index (χ3n) is 5.36. The number of para-hydroxylation sites is 1. The van der Waals surface area contributed by atoms with Crippen LogP contribution in [0.15, 0.2) is 36.5 Å². The molecule has 5 nitrogen and oxygen atoms in total. The molecule has 1 aromatic heterocycles. The SMILES string of the molecule is O=C1CC2(CCN(C(=O)Cn3ccc4ccccc43)CC2)CN1. The Balaban J connectivity index is 1.41. The summed E-state index contributed by atoms with van der Waals surface area (Å²) in [5.41, 5.74) is 1.19. The molecule has 0 radical (unpaired) electrons. The lowest BCUT2D eigenvalue weighted by molar-refractivity contribution is -0.134. The zero-order valence-corrected chi connectivity index (χ0v) is 13.1. The Hall–Kier alpha value is -2.30. The second-order valence-electron chi connectivity index (χ2n) is 6.84. The largest absolute Gasteiger partial charge is 0.356 e. The van der Waals surface area contributed by atoms with Gasteiger partial charge in [0, 0.05) is 37.8 Å². The van der Waals surface area contributed by atoms with E-state index in [-0.39, 0.29) is 17.2 Å². The Kier molecular flexibility index (Phi) is 3.36. The summed E-state index contributed by atoms with van der Waals surface area (Å²) in [4.78, 5) is 26.0. The molecule has 0 saturated carbocycles. The van der Waals surface area contributed by atoms with E-state index in [1.165, 1.54) is 0 Å². The highest BCUT2D eigenvalue weighted by Crippen LogP contribution is 2.37. The molecule has 1 N–H and O–H groups in total. The zero-order valence-electron chi connectivity index (χ0n) is 13.1. The lowest BCUT2D eigenvalue weighted by Crippen LogP contribution is -2.45. The second-order valence-corrected chi connectivity index (χ2v) is 6.84. The number of piperidine rings is 1. The van der Waals surface area contributed by atoms with Crippen LogP contribution in [0.5, 0.6) is 0 Å². The van der Waals surface area contributed by atoms with E-state index in [0.717, 1.165) is 43.4 Å². The number of carbonyl (C=O) groups excluding carboxylic acids is 2. The van der Waals surface area contributed by atoms with Crippen molar-refractivity contribution in [3.8, 4) is 0 Å². The van der Waals surface area contributed by atoms with Crippen LogP contribution in [0.4, 0.5) is 0 Å². The van der Waals surface area contributed by atoms with E-state index in [4.69, 9.17) is 0 Å². The molecule has 120 valence electrons. The monoisotopic (exact) mass is 311 g/mol. The molecule has 2 fully saturated rings. The van der Waals surface area contributed by atoms with Gasteiger partial charge in [-0.05, 0) is 35.8 Å². The number of amides is 2. The first-order valence-electron chi connectivity index (χ1n) is 8.24. The van der Waals surface area contributed by atoms with Crippen molar-refractivity contribution in [1.82, 2.24) is 14.8 Å². The van der Waals surface area contributed by atoms with E-state index in [2.05, 4.69) is 11.4 Å². The summed E-state index contributed by atoms with van der Waals surface area (Å²) in [5.74, 6) is 0.321. The van der Waals surface area contributed by atoms with Crippen LogP contribution in [0, 0.1) is 5.41 Å². The molecule has 5 heteroatoms. The number of aromatic nitrogens is 1. The third-order valence-corrected chi connectivity index (χ3v) is 5.36. The minimum absolute atomic E-state index is 0.0913. The number of likely N-dealkylation sites (tertiary alicyclic amines) is 1. The Bertz CT molecular complexity index is 756. The fourth-order valence-corrected chi connectivity index (χ4v) is 3.86. The smallest absolute Gasteiger partial charge is 0.242 e. The summed E-state index contributed by atoms with van der Waals surface area (Å²) in [7, 11) is 0. The number of hydrogen-bond acceptors (Lipinski definition) is 2. The Morgan fingerprint density at radius 3 is 2.70 bits per heavy atom. The van der Waals surface area contributed by atoms with Gasteiger partial charge in [0.2, 0.25) is 11.8 Å². The quantitative estimate of drug-likeness (QED) is 0.919. The maximum atomic E-state index is 12.6. The van der Waals surface area contributed by atoms with Crippen molar-refractivity contribution in [3.63, 3.8) is 0 Å². The molecule has 0 atom stereocenters. The van der Waals surface area contributed by atoms with Crippen molar-refractivity contribution in [3.05, 3.63) is 36.5 Å². The number of nitrogens with one attached hydrogen (secondary N) is 1. The van der Waals surface area contributed by atoms with E-state index < -0.39 is 0 Å². The minimum atomic E-state index is 0.0913. The fraction of sp³-hybridized carbons (Fsp3) is 0.444. The van der Waals surface area contributed by atoms with E-state index in [9.17, 15) is 9.59 Å². The van der Waals surface area contributed by atoms with E-state index >= 15 is 0 Å². The van der Waals surface area contributed by atoms with Crippen LogP contribution in [0.25, 0.3) is 10.9 Å². The molecule has 0 bridgehead atoms. The molecule has 1 spiro atoms. The third kappa shape index (κ3) is 2.60. The van der Waals surface area contributed by atoms with Crippen molar-refractivity contribution in [2.75, 3.05) is 19.6 Å². The molecule has 23 heavy (non-hydrogen) atoms. The predicted molar refractivity (Wildman–Crippen MR) is 87.8 cm³/mol. The van der Waals surface area contributed by atoms with Crippen molar-refractivity contribution in [2.45, 2.75) is 25.8 Å². The molecule has 1 aromatic carbocycles. The number of fused-ring (bicyclic) bond motifs is 1. The Labute approximate surface area is 135 Å². The first kappa shape index (κ1) is 14.3. The molecular weight excluding hydrogens is 290 g/mol. The standard InChI is InChI=1S/C18H21N3O2/c22-16-11-18(13-19-16)6-9-20(10-7-18)17(23)12-21-8-5-14-3-1-2-4-15(14)21/h1-5,8H,6-7,9-13H2,(H,19,22). The number of carbonyl (C=O) groups is 2. The van der Waals surface area contributed by atoms with Crippen molar-refractivity contribution in [1.29, 1.82) is 0 Å². The van der Waals surface area contributed by atoms with Crippen molar-refractivity contribution < 1.29 is 9.59 Å². The highest BCUT2D eigenvalue weighted by Gasteiger charge is 2.41. The lowest BCUT2D eigenvalue weighted by Gasteiger charge is -2.38. The molecule has 2 aliphatic heterocycles. The number of nitrogens with zero attached hydrogens (tertiary/aromatic N) is 2. The molecule has 2 aliphatic rings. The number of benzene rings is 1. The van der Waals surface area contributed by atoms with Crippen LogP contribution < -0.4 is 5.32 Å². The summed E-state index contributed by atoms with van der Waals surface area (Å²) in [6, 6.07) is 10.2. The normalized spacial score (nSPS) is 20.2. The van der Waals surface area contributed by atoms with Gasteiger partial charge in [0.05, 0.1) is 0 Å². The average Bonchev–Trinajstić information content (AvgIpc) is 3.13. The first-order chi connectivity index (χ1) is 11.2. The van der Waals surface area contributed by atoms with Crippen LogP contribution in [-0.4, -0.2) is 40.9 Å². The van der Waals surface area contributed by atoms with Gasteiger partial charge in [-0.3, -0.25) is 9.59 Å². The molecule has 2 amide bonds. The highest BCUT2D eigenvalue weighted by molar-refractivity contribution is 5.83. The van der Waals surface area contributed by atoms with Crippen LogP contribution in [0.1, 0.15) is 19.3 Å². The fourth-order valence-electron chi connectivity index (χ4n) is 3.86. The van der Waals surface area contributed by atoms with Gasteiger partial charge in [0.25, 0.3) is 0 Å². The van der Waals surface area contributed by atoms with Gasteiger partial charge in [0.15, 0.2) is 0 Å². The molecule has 2 aromatic rings. The van der Waals surface area contributed by atoms with Crippen LogP contribution >= 0.6 is 0 Å². The summed E-state index contributed by atoms with van der Waals surface area (Å²) in [6.45, 7) is 2.67. The van der Waals surface area contributed by atoms with Gasteiger partial charge in [0.1, 0.15) is 6.54 Å².